The Labute approximate surface area is 139 Å². The molecule has 0 aliphatic rings. The summed E-state index contributed by atoms with van der Waals surface area (Å²) >= 11 is 1.49. The molecule has 116 valence electrons. The molecule has 3 aromatic rings. The number of amides is 1. The second kappa shape index (κ2) is 6.71. The average Bonchev–Trinajstić information content (AvgIpc) is 2.99. The predicted molar refractivity (Wildman–Crippen MR) is 94.4 cm³/mol. The molecule has 4 nitrogen and oxygen atoms in total. The molecule has 0 fully saturated rings. The van der Waals surface area contributed by atoms with Gasteiger partial charge in [-0.25, -0.2) is 4.98 Å². The molecule has 23 heavy (non-hydrogen) atoms. The van der Waals surface area contributed by atoms with Crippen molar-refractivity contribution in [3.63, 3.8) is 0 Å². The van der Waals surface area contributed by atoms with Gasteiger partial charge in [-0.05, 0) is 30.7 Å². The van der Waals surface area contributed by atoms with E-state index in [0.717, 1.165) is 21.7 Å². The summed E-state index contributed by atoms with van der Waals surface area (Å²) in [5, 5.41) is 3.48. The Morgan fingerprint density at radius 3 is 2.65 bits per heavy atom. The summed E-state index contributed by atoms with van der Waals surface area (Å²) in [6, 6.07) is 12.1. The number of benzene rings is 1. The van der Waals surface area contributed by atoms with E-state index in [1.165, 1.54) is 16.9 Å². The summed E-state index contributed by atoms with van der Waals surface area (Å²) in [6.07, 6.45) is 3.96. The zero-order chi connectivity index (χ0) is 16.2. The molecule has 0 saturated heterocycles. The van der Waals surface area contributed by atoms with Gasteiger partial charge in [0, 0.05) is 24.4 Å². The lowest BCUT2D eigenvalue weighted by Gasteiger charge is -2.03. The zero-order valence-electron chi connectivity index (χ0n) is 13.0. The average molecular weight is 323 g/mol. The third-order valence-electron chi connectivity index (χ3n) is 3.43. The second-order valence-electron chi connectivity index (χ2n) is 5.20. The SMILES string of the molecule is CCC(=O)Nc1nc(-c2cccc(C)c2)c(-c2ccncc2)s1. The number of thiazole rings is 1. The number of anilines is 1. The Balaban J connectivity index is 2.10. The van der Waals surface area contributed by atoms with Gasteiger partial charge in [-0.3, -0.25) is 9.78 Å². The van der Waals surface area contributed by atoms with Crippen molar-refractivity contribution in [2.75, 3.05) is 5.32 Å². The largest absolute Gasteiger partial charge is 0.302 e. The van der Waals surface area contributed by atoms with Crippen LogP contribution in [-0.4, -0.2) is 15.9 Å². The quantitative estimate of drug-likeness (QED) is 0.767. The number of aryl methyl sites for hydroxylation is 1. The van der Waals surface area contributed by atoms with Crippen molar-refractivity contribution >= 4 is 22.4 Å². The van der Waals surface area contributed by atoms with E-state index in [1.54, 1.807) is 12.4 Å². The molecular weight excluding hydrogens is 306 g/mol. The van der Waals surface area contributed by atoms with E-state index in [-0.39, 0.29) is 5.91 Å². The van der Waals surface area contributed by atoms with Crippen LogP contribution in [0.15, 0.2) is 48.8 Å². The first-order valence-corrected chi connectivity index (χ1v) is 8.27. The number of carbonyl (C=O) groups excluding carboxylic acids is 1. The molecule has 5 heteroatoms. The molecule has 0 bridgehead atoms. The molecule has 1 N–H and O–H groups in total. The van der Waals surface area contributed by atoms with Crippen molar-refractivity contribution in [1.29, 1.82) is 0 Å². The van der Waals surface area contributed by atoms with Crippen molar-refractivity contribution in [3.8, 4) is 21.7 Å². The lowest BCUT2D eigenvalue weighted by Crippen LogP contribution is -2.08. The molecule has 0 aliphatic heterocycles. The summed E-state index contributed by atoms with van der Waals surface area (Å²) in [4.78, 5) is 21.4. The van der Waals surface area contributed by atoms with E-state index in [2.05, 4.69) is 34.3 Å². The lowest BCUT2D eigenvalue weighted by molar-refractivity contribution is -0.115. The van der Waals surface area contributed by atoms with E-state index < -0.39 is 0 Å². The van der Waals surface area contributed by atoms with Gasteiger partial charge in [0.05, 0.1) is 10.6 Å². The number of aromatic nitrogens is 2. The van der Waals surface area contributed by atoms with Crippen LogP contribution < -0.4 is 5.32 Å². The molecule has 1 amide bonds. The summed E-state index contributed by atoms with van der Waals surface area (Å²) in [6.45, 7) is 3.88. The zero-order valence-corrected chi connectivity index (χ0v) is 13.9. The molecule has 0 spiro atoms. The summed E-state index contributed by atoms with van der Waals surface area (Å²) < 4.78 is 0. The number of rotatable bonds is 4. The predicted octanol–water partition coefficient (Wildman–Crippen LogP) is 4.53. The van der Waals surface area contributed by atoms with Crippen LogP contribution in [0.2, 0.25) is 0 Å². The van der Waals surface area contributed by atoms with Crippen molar-refractivity contribution in [2.24, 2.45) is 0 Å². The summed E-state index contributed by atoms with van der Waals surface area (Å²) in [7, 11) is 0. The minimum Gasteiger partial charge on any atom is -0.302 e. The highest BCUT2D eigenvalue weighted by atomic mass is 32.1. The van der Waals surface area contributed by atoms with Crippen LogP contribution in [0.3, 0.4) is 0 Å². The fourth-order valence-electron chi connectivity index (χ4n) is 2.27. The highest BCUT2D eigenvalue weighted by Gasteiger charge is 2.16. The first-order valence-electron chi connectivity index (χ1n) is 7.45. The second-order valence-corrected chi connectivity index (χ2v) is 6.20. The standard InChI is InChI=1S/C18H17N3OS/c1-3-15(22)20-18-21-16(14-6-4-5-12(2)11-14)17(23-18)13-7-9-19-10-8-13/h4-11H,3H2,1-2H3,(H,20,21,22). The number of carbonyl (C=O) groups is 1. The van der Waals surface area contributed by atoms with Gasteiger partial charge < -0.3 is 5.32 Å². The molecule has 2 aromatic heterocycles. The fourth-order valence-corrected chi connectivity index (χ4v) is 3.28. The number of nitrogens with one attached hydrogen (secondary N) is 1. The van der Waals surface area contributed by atoms with Crippen LogP contribution in [0.4, 0.5) is 5.13 Å². The Bertz CT molecular complexity index is 827. The minimum atomic E-state index is -0.0316. The van der Waals surface area contributed by atoms with E-state index in [4.69, 9.17) is 0 Å². The topological polar surface area (TPSA) is 54.9 Å². The molecule has 3 rings (SSSR count). The van der Waals surface area contributed by atoms with E-state index >= 15 is 0 Å². The molecule has 0 atom stereocenters. The number of nitrogens with zero attached hydrogens (tertiary/aromatic N) is 2. The third-order valence-corrected chi connectivity index (χ3v) is 4.45. The van der Waals surface area contributed by atoms with Crippen molar-refractivity contribution in [2.45, 2.75) is 20.3 Å². The van der Waals surface area contributed by atoms with Crippen molar-refractivity contribution < 1.29 is 4.79 Å². The highest BCUT2D eigenvalue weighted by molar-refractivity contribution is 7.19. The molecule has 0 aliphatic carbocycles. The van der Waals surface area contributed by atoms with Crippen LogP contribution in [0, 0.1) is 6.92 Å². The molecule has 0 saturated carbocycles. The molecule has 0 unspecified atom stereocenters. The van der Waals surface area contributed by atoms with Gasteiger partial charge in [-0.15, -0.1) is 0 Å². The third kappa shape index (κ3) is 3.46. The number of hydrogen-bond acceptors (Lipinski definition) is 4. The first kappa shape index (κ1) is 15.4. The van der Waals surface area contributed by atoms with Gasteiger partial charge in [0.25, 0.3) is 0 Å². The Hall–Kier alpha value is -2.53. The van der Waals surface area contributed by atoms with Crippen molar-refractivity contribution in [3.05, 3.63) is 54.4 Å². The van der Waals surface area contributed by atoms with Gasteiger partial charge in [-0.1, -0.05) is 42.0 Å². The van der Waals surface area contributed by atoms with Gasteiger partial charge in [0.1, 0.15) is 0 Å². The van der Waals surface area contributed by atoms with Gasteiger partial charge in [0.15, 0.2) is 5.13 Å². The highest BCUT2D eigenvalue weighted by Crippen LogP contribution is 2.39. The Kier molecular flexibility index (Phi) is 4.48. The van der Waals surface area contributed by atoms with Crippen LogP contribution in [0.25, 0.3) is 21.7 Å². The Morgan fingerprint density at radius 2 is 1.96 bits per heavy atom. The number of pyridine rings is 1. The van der Waals surface area contributed by atoms with Crippen LogP contribution >= 0.6 is 11.3 Å². The molecule has 2 heterocycles. The maximum absolute atomic E-state index is 11.7. The Morgan fingerprint density at radius 1 is 1.17 bits per heavy atom. The summed E-state index contributed by atoms with van der Waals surface area (Å²) in [5.41, 5.74) is 4.16. The molecule has 1 aromatic carbocycles. The van der Waals surface area contributed by atoms with Gasteiger partial charge in [0.2, 0.25) is 5.91 Å². The normalized spacial score (nSPS) is 10.5. The van der Waals surface area contributed by atoms with Crippen LogP contribution in [0.5, 0.6) is 0 Å². The molecular formula is C18H17N3OS. The monoisotopic (exact) mass is 323 g/mol. The maximum atomic E-state index is 11.7. The van der Waals surface area contributed by atoms with Gasteiger partial charge >= 0.3 is 0 Å². The number of hydrogen-bond donors (Lipinski definition) is 1. The van der Waals surface area contributed by atoms with E-state index in [0.29, 0.717) is 11.6 Å². The lowest BCUT2D eigenvalue weighted by atomic mass is 10.1. The van der Waals surface area contributed by atoms with Crippen LogP contribution in [-0.2, 0) is 4.79 Å². The summed E-state index contributed by atoms with van der Waals surface area (Å²) in [5.74, 6) is -0.0316. The first-order chi connectivity index (χ1) is 11.2. The molecule has 0 radical (unpaired) electrons. The minimum absolute atomic E-state index is 0.0316. The van der Waals surface area contributed by atoms with Gasteiger partial charge in [-0.2, -0.15) is 0 Å². The van der Waals surface area contributed by atoms with E-state index in [9.17, 15) is 4.79 Å². The van der Waals surface area contributed by atoms with Crippen LogP contribution in [0.1, 0.15) is 18.9 Å². The van der Waals surface area contributed by atoms with Crippen molar-refractivity contribution in [1.82, 2.24) is 9.97 Å². The maximum Gasteiger partial charge on any atom is 0.225 e. The van der Waals surface area contributed by atoms with E-state index in [1.807, 2.05) is 31.2 Å². The fraction of sp³-hybridized carbons (Fsp3) is 0.167. The smallest absolute Gasteiger partial charge is 0.225 e.